The molecular formula is C15H13ClF2N2O5. The molecule has 0 aliphatic heterocycles. The molecule has 10 heteroatoms. The van der Waals surface area contributed by atoms with Crippen molar-refractivity contribution in [1.29, 1.82) is 0 Å². The van der Waals surface area contributed by atoms with Gasteiger partial charge in [0, 0.05) is 12.1 Å². The Kier molecular flexibility index (Phi) is 5.68. The van der Waals surface area contributed by atoms with Gasteiger partial charge in [-0.15, -0.1) is 0 Å². The molecule has 1 aromatic carbocycles. The summed E-state index contributed by atoms with van der Waals surface area (Å²) in [4.78, 5) is 33.6. The van der Waals surface area contributed by atoms with E-state index >= 15 is 0 Å². The van der Waals surface area contributed by atoms with Gasteiger partial charge in [-0.2, -0.15) is 4.39 Å². The Hall–Kier alpha value is -2.55. The molecule has 0 spiro atoms. The van der Waals surface area contributed by atoms with Gasteiger partial charge >= 0.3 is 11.7 Å². The maximum Gasteiger partial charge on any atom is 0.330 e. The van der Waals surface area contributed by atoms with Crippen LogP contribution in [0.25, 0.3) is 0 Å². The second-order valence-corrected chi connectivity index (χ2v) is 5.54. The number of benzene rings is 1. The van der Waals surface area contributed by atoms with Crippen molar-refractivity contribution in [2.24, 2.45) is 0 Å². The Morgan fingerprint density at radius 1 is 1.36 bits per heavy atom. The van der Waals surface area contributed by atoms with Crippen molar-refractivity contribution in [3.8, 4) is 0 Å². The Morgan fingerprint density at radius 3 is 2.52 bits per heavy atom. The Morgan fingerprint density at radius 2 is 2.00 bits per heavy atom. The van der Waals surface area contributed by atoms with Crippen LogP contribution in [-0.2, 0) is 9.53 Å². The Balaban J connectivity index is 2.56. The zero-order valence-corrected chi connectivity index (χ0v) is 13.7. The van der Waals surface area contributed by atoms with Crippen molar-refractivity contribution in [3.63, 3.8) is 0 Å². The van der Waals surface area contributed by atoms with Crippen molar-refractivity contribution >= 4 is 34.7 Å². The number of carbonyl (C=O) groups excluding carboxylic acids is 2. The average Bonchev–Trinajstić information content (AvgIpc) is 3.35. The van der Waals surface area contributed by atoms with Gasteiger partial charge in [0.1, 0.15) is 10.7 Å². The van der Waals surface area contributed by atoms with Crippen LogP contribution in [0.3, 0.4) is 0 Å². The molecule has 1 N–H and O–H groups in total. The standard InChI is InChI=1S/C15H13ClF2N2O5/c1-2-25-9(22)6-5-8(21)10-12(17)11(16)13(18)15(20(23)24)14(10)19-7-3-4-7/h5-7,19H,2-4H2,1H3/b6-5+. The number of nitro groups is 1. The summed E-state index contributed by atoms with van der Waals surface area (Å²) in [5, 5.41) is 12.6. The number of nitro benzene ring substituents is 1. The highest BCUT2D eigenvalue weighted by Crippen LogP contribution is 2.41. The van der Waals surface area contributed by atoms with Crippen molar-refractivity contribution in [3.05, 3.63) is 44.5 Å². The minimum atomic E-state index is -1.57. The number of nitrogens with one attached hydrogen (secondary N) is 1. The molecule has 0 saturated heterocycles. The smallest absolute Gasteiger partial charge is 0.330 e. The normalized spacial score (nSPS) is 13.8. The maximum absolute atomic E-state index is 14.4. The molecule has 1 aliphatic rings. The predicted molar refractivity (Wildman–Crippen MR) is 84.8 cm³/mol. The first-order valence-electron chi connectivity index (χ1n) is 7.28. The molecular weight excluding hydrogens is 362 g/mol. The number of carbonyl (C=O) groups is 2. The van der Waals surface area contributed by atoms with Gasteiger partial charge in [-0.05, 0) is 25.8 Å². The van der Waals surface area contributed by atoms with E-state index in [2.05, 4.69) is 10.1 Å². The molecule has 1 saturated carbocycles. The highest BCUT2D eigenvalue weighted by Gasteiger charge is 2.36. The fourth-order valence-electron chi connectivity index (χ4n) is 2.04. The molecule has 0 radical (unpaired) electrons. The summed E-state index contributed by atoms with van der Waals surface area (Å²) in [6, 6.07) is -0.237. The van der Waals surface area contributed by atoms with E-state index in [9.17, 15) is 28.5 Å². The summed E-state index contributed by atoms with van der Waals surface area (Å²) in [5.41, 5.74) is -2.51. The van der Waals surface area contributed by atoms with Gasteiger partial charge < -0.3 is 10.1 Å². The van der Waals surface area contributed by atoms with Gasteiger partial charge in [-0.1, -0.05) is 11.6 Å². The number of ether oxygens (including phenoxy) is 1. The van der Waals surface area contributed by atoms with E-state index in [1.165, 1.54) is 0 Å². The van der Waals surface area contributed by atoms with Crippen LogP contribution >= 0.6 is 11.6 Å². The van der Waals surface area contributed by atoms with Crippen molar-refractivity contribution in [1.82, 2.24) is 0 Å². The summed E-state index contributed by atoms with van der Waals surface area (Å²) in [6.07, 6.45) is 2.70. The van der Waals surface area contributed by atoms with E-state index in [-0.39, 0.29) is 12.6 Å². The molecule has 2 rings (SSSR count). The summed E-state index contributed by atoms with van der Waals surface area (Å²) in [5.74, 6) is -4.95. The average molecular weight is 375 g/mol. The summed E-state index contributed by atoms with van der Waals surface area (Å²) in [7, 11) is 0. The van der Waals surface area contributed by atoms with E-state index in [0.29, 0.717) is 18.9 Å². The molecule has 0 bridgehead atoms. The van der Waals surface area contributed by atoms with Crippen LogP contribution in [0.1, 0.15) is 30.1 Å². The molecule has 1 fully saturated rings. The summed E-state index contributed by atoms with van der Waals surface area (Å²) >= 11 is 5.46. The summed E-state index contributed by atoms with van der Waals surface area (Å²) in [6.45, 7) is 1.61. The molecule has 0 amide bonds. The number of nitrogens with zero attached hydrogens (tertiary/aromatic N) is 1. The molecule has 25 heavy (non-hydrogen) atoms. The molecule has 0 heterocycles. The van der Waals surface area contributed by atoms with Gasteiger partial charge in [0.2, 0.25) is 5.82 Å². The predicted octanol–water partition coefficient (Wildman–Crippen LogP) is 3.40. The SMILES string of the molecule is CCOC(=O)/C=C/C(=O)c1c(F)c(Cl)c(F)c([N+](=O)[O-])c1NC1CC1. The number of allylic oxidation sites excluding steroid dienone is 1. The van der Waals surface area contributed by atoms with Crippen LogP contribution in [0.15, 0.2) is 12.2 Å². The molecule has 7 nitrogen and oxygen atoms in total. The van der Waals surface area contributed by atoms with Crippen LogP contribution in [0, 0.1) is 21.7 Å². The Labute approximate surface area is 145 Å². The van der Waals surface area contributed by atoms with E-state index in [0.717, 1.165) is 6.08 Å². The molecule has 1 aromatic rings. The first-order valence-corrected chi connectivity index (χ1v) is 7.66. The lowest BCUT2D eigenvalue weighted by Crippen LogP contribution is -2.14. The van der Waals surface area contributed by atoms with Gasteiger partial charge in [0.05, 0.1) is 17.1 Å². The second kappa shape index (κ2) is 7.56. The number of esters is 1. The lowest BCUT2D eigenvalue weighted by atomic mass is 10.0. The largest absolute Gasteiger partial charge is 0.463 e. The van der Waals surface area contributed by atoms with Gasteiger partial charge in [-0.3, -0.25) is 14.9 Å². The zero-order valence-electron chi connectivity index (χ0n) is 13.0. The molecule has 0 unspecified atom stereocenters. The third-order valence-corrected chi connectivity index (χ3v) is 3.64. The number of hydrogen-bond acceptors (Lipinski definition) is 6. The molecule has 1 aliphatic carbocycles. The highest BCUT2D eigenvalue weighted by atomic mass is 35.5. The fourth-order valence-corrected chi connectivity index (χ4v) is 2.22. The zero-order chi connectivity index (χ0) is 18.7. The van der Waals surface area contributed by atoms with E-state index in [1.807, 2.05) is 0 Å². The number of anilines is 1. The first-order chi connectivity index (χ1) is 11.8. The monoisotopic (exact) mass is 374 g/mol. The first kappa shape index (κ1) is 18.8. The van der Waals surface area contributed by atoms with Crippen LogP contribution in [-0.4, -0.2) is 29.3 Å². The third-order valence-electron chi connectivity index (χ3n) is 3.31. The van der Waals surface area contributed by atoms with Crippen LogP contribution in [0.5, 0.6) is 0 Å². The Bertz CT molecular complexity index is 778. The van der Waals surface area contributed by atoms with Crippen LogP contribution in [0.2, 0.25) is 5.02 Å². The minimum Gasteiger partial charge on any atom is -0.463 e. The lowest BCUT2D eigenvalue weighted by molar-refractivity contribution is -0.386. The fraction of sp³-hybridized carbons (Fsp3) is 0.333. The minimum absolute atomic E-state index is 0.0636. The van der Waals surface area contributed by atoms with E-state index in [1.54, 1.807) is 6.92 Å². The van der Waals surface area contributed by atoms with Crippen LogP contribution in [0.4, 0.5) is 20.2 Å². The highest BCUT2D eigenvalue weighted by molar-refractivity contribution is 6.32. The second-order valence-electron chi connectivity index (χ2n) is 5.17. The van der Waals surface area contributed by atoms with Gasteiger partial charge in [0.15, 0.2) is 11.6 Å². The molecule has 134 valence electrons. The number of halogens is 3. The number of ketones is 1. The van der Waals surface area contributed by atoms with Crippen molar-refractivity contribution in [2.45, 2.75) is 25.8 Å². The van der Waals surface area contributed by atoms with Crippen LogP contribution < -0.4 is 5.32 Å². The quantitative estimate of drug-likeness (QED) is 0.196. The van der Waals surface area contributed by atoms with Gasteiger partial charge in [0.25, 0.3) is 0 Å². The van der Waals surface area contributed by atoms with Crippen molar-refractivity contribution in [2.75, 3.05) is 11.9 Å². The van der Waals surface area contributed by atoms with Crippen molar-refractivity contribution < 1.29 is 28.0 Å². The van der Waals surface area contributed by atoms with E-state index in [4.69, 9.17) is 11.6 Å². The topological polar surface area (TPSA) is 98.5 Å². The lowest BCUT2D eigenvalue weighted by Gasteiger charge is -2.13. The number of hydrogen-bond donors (Lipinski definition) is 1. The summed E-state index contributed by atoms with van der Waals surface area (Å²) < 4.78 is 33.0. The number of rotatable bonds is 7. The molecule has 0 aromatic heterocycles. The van der Waals surface area contributed by atoms with E-state index < -0.39 is 50.3 Å². The third kappa shape index (κ3) is 4.11. The van der Waals surface area contributed by atoms with Gasteiger partial charge in [-0.25, -0.2) is 9.18 Å². The maximum atomic E-state index is 14.4. The molecule has 0 atom stereocenters.